The Kier molecular flexibility index (Phi) is 10.3. The summed E-state index contributed by atoms with van der Waals surface area (Å²) >= 11 is 0. The molecule has 0 fully saturated rings. The first kappa shape index (κ1) is 31.6. The van der Waals surface area contributed by atoms with Gasteiger partial charge in [-0.05, 0) is 110 Å². The highest BCUT2D eigenvalue weighted by Crippen LogP contribution is 2.36. The van der Waals surface area contributed by atoms with Crippen molar-refractivity contribution in [1.82, 2.24) is 0 Å². The molecule has 0 unspecified atom stereocenters. The summed E-state index contributed by atoms with van der Waals surface area (Å²) in [5.74, 6) is 1.76. The fourth-order valence-electron chi connectivity index (χ4n) is 6.33. The van der Waals surface area contributed by atoms with Crippen LogP contribution in [0.1, 0.15) is 61.9 Å². The summed E-state index contributed by atoms with van der Waals surface area (Å²) in [6, 6.07) is 39.7. The molecule has 3 nitrogen and oxygen atoms in total. The summed E-state index contributed by atoms with van der Waals surface area (Å²) in [5, 5.41) is 20.8. The smallest absolute Gasteiger partial charge is 0.174 e. The van der Waals surface area contributed by atoms with Crippen molar-refractivity contribution in [2.75, 3.05) is 6.61 Å². The number of rotatable bonds is 12. The van der Waals surface area contributed by atoms with Gasteiger partial charge in [-0.3, -0.25) is 0 Å². The Hall–Kier alpha value is -4.86. The van der Waals surface area contributed by atoms with Gasteiger partial charge in [0.05, 0.1) is 6.07 Å². The van der Waals surface area contributed by atoms with E-state index in [0.717, 1.165) is 42.6 Å². The Balaban J connectivity index is 1.66. The van der Waals surface area contributed by atoms with Crippen molar-refractivity contribution >= 4 is 10.8 Å². The highest BCUT2D eigenvalue weighted by Gasteiger charge is 2.16. The van der Waals surface area contributed by atoms with Crippen molar-refractivity contribution in [2.24, 2.45) is 11.8 Å². The van der Waals surface area contributed by atoms with E-state index < -0.39 is 0 Å². The summed E-state index contributed by atoms with van der Waals surface area (Å²) in [5.41, 5.74) is 11.1. The van der Waals surface area contributed by atoms with Crippen LogP contribution in [0.2, 0.25) is 0 Å². The molecule has 0 amide bonds. The second-order valence-corrected chi connectivity index (χ2v) is 12.8. The van der Waals surface area contributed by atoms with Gasteiger partial charge in [0.15, 0.2) is 6.61 Å². The molecule has 5 aromatic carbocycles. The summed E-state index contributed by atoms with van der Waals surface area (Å²) in [7, 11) is 0. The van der Waals surface area contributed by atoms with E-state index in [0.29, 0.717) is 18.3 Å². The second kappa shape index (κ2) is 14.7. The Morgan fingerprint density at radius 2 is 1.29 bits per heavy atom. The van der Waals surface area contributed by atoms with E-state index in [1.54, 1.807) is 0 Å². The number of hydrogen-bond acceptors (Lipinski definition) is 3. The molecule has 45 heavy (non-hydrogen) atoms. The van der Waals surface area contributed by atoms with Gasteiger partial charge in [0.25, 0.3) is 0 Å². The maximum Gasteiger partial charge on any atom is 0.174 e. The third-order valence-electron chi connectivity index (χ3n) is 8.29. The van der Waals surface area contributed by atoms with Gasteiger partial charge in [-0.1, -0.05) is 113 Å². The molecule has 0 heterocycles. The monoisotopic (exact) mass is 590 g/mol. The predicted octanol–water partition coefficient (Wildman–Crippen LogP) is 10.5. The zero-order chi connectivity index (χ0) is 31.8. The van der Waals surface area contributed by atoms with E-state index in [9.17, 15) is 0 Å². The van der Waals surface area contributed by atoms with E-state index in [1.165, 1.54) is 49.7 Å². The maximum atomic E-state index is 9.16. The molecule has 3 heteroatoms. The van der Waals surface area contributed by atoms with Gasteiger partial charge in [0, 0.05) is 6.42 Å². The Labute approximate surface area is 268 Å². The van der Waals surface area contributed by atoms with Crippen LogP contribution >= 0.6 is 0 Å². The molecular formula is C42H42N2O. The quantitative estimate of drug-likeness (QED) is 0.145. The third-order valence-corrected chi connectivity index (χ3v) is 8.29. The van der Waals surface area contributed by atoms with Crippen molar-refractivity contribution in [3.05, 3.63) is 125 Å². The van der Waals surface area contributed by atoms with E-state index in [2.05, 4.69) is 131 Å². The molecule has 0 bridgehead atoms. The Morgan fingerprint density at radius 3 is 2.04 bits per heavy atom. The molecule has 0 saturated heterocycles. The van der Waals surface area contributed by atoms with Crippen LogP contribution in [0.3, 0.4) is 0 Å². The number of nitriles is 2. The minimum Gasteiger partial charge on any atom is -0.478 e. The van der Waals surface area contributed by atoms with Crippen LogP contribution in [0.5, 0.6) is 5.75 Å². The normalized spacial score (nSPS) is 11.1. The van der Waals surface area contributed by atoms with Gasteiger partial charge < -0.3 is 4.74 Å². The number of hydrogen-bond donors (Lipinski definition) is 0. The standard InChI is InChI=1S/C42H42N2O/c1-29(2)23-36-25-31(9-8-20-43)14-17-40(36)34-15-18-41(35-16-19-42(45-22-21-44)38(28-35)24-30(3)4)37(27-34)26-33-12-7-11-32-10-5-6-13-39(32)33/h5-7,10-19,25,27-30H,8-9,22-24,26H2,1-4H3. The highest BCUT2D eigenvalue weighted by molar-refractivity contribution is 5.86. The topological polar surface area (TPSA) is 56.8 Å². The van der Waals surface area contributed by atoms with Crippen molar-refractivity contribution in [2.45, 2.75) is 59.8 Å². The molecule has 0 aromatic heterocycles. The lowest BCUT2D eigenvalue weighted by Gasteiger charge is -2.19. The molecule has 0 aliphatic rings. The predicted molar refractivity (Wildman–Crippen MR) is 186 cm³/mol. The van der Waals surface area contributed by atoms with Crippen LogP contribution in [0.15, 0.2) is 97.1 Å². The summed E-state index contributed by atoms with van der Waals surface area (Å²) in [4.78, 5) is 0. The van der Waals surface area contributed by atoms with Crippen molar-refractivity contribution in [3.8, 4) is 40.1 Å². The van der Waals surface area contributed by atoms with Crippen LogP contribution in [0, 0.1) is 34.5 Å². The van der Waals surface area contributed by atoms with Crippen LogP contribution in [0.4, 0.5) is 0 Å². The molecule has 0 atom stereocenters. The lowest BCUT2D eigenvalue weighted by atomic mass is 9.86. The zero-order valence-electron chi connectivity index (χ0n) is 26.9. The first-order chi connectivity index (χ1) is 21.9. The van der Waals surface area contributed by atoms with Gasteiger partial charge in [0.2, 0.25) is 0 Å². The third kappa shape index (κ3) is 7.81. The number of aryl methyl sites for hydroxylation is 1. The fraction of sp³-hybridized carbons (Fsp3) is 0.286. The van der Waals surface area contributed by atoms with Gasteiger partial charge in [-0.25, -0.2) is 0 Å². The SMILES string of the molecule is CC(C)Cc1cc(-c2ccc(-c3ccc(CCC#N)cc3CC(C)C)cc2Cc2cccc3ccccc23)ccc1OCC#N. The lowest BCUT2D eigenvalue weighted by Crippen LogP contribution is -2.02. The van der Waals surface area contributed by atoms with Gasteiger partial charge in [-0.15, -0.1) is 0 Å². The number of benzene rings is 5. The van der Waals surface area contributed by atoms with Crippen molar-refractivity contribution in [1.29, 1.82) is 10.5 Å². The summed E-state index contributed by atoms with van der Waals surface area (Å²) in [6.45, 7) is 8.99. The van der Waals surface area contributed by atoms with E-state index in [4.69, 9.17) is 15.3 Å². The molecule has 0 saturated carbocycles. The average Bonchev–Trinajstić information content (AvgIpc) is 3.03. The number of nitrogens with zero attached hydrogens (tertiary/aromatic N) is 2. The van der Waals surface area contributed by atoms with Crippen LogP contribution in [-0.4, -0.2) is 6.61 Å². The molecule has 0 N–H and O–H groups in total. The average molecular weight is 591 g/mol. The van der Waals surface area contributed by atoms with Crippen LogP contribution in [-0.2, 0) is 25.7 Å². The highest BCUT2D eigenvalue weighted by atomic mass is 16.5. The first-order valence-electron chi connectivity index (χ1n) is 16.1. The minimum atomic E-state index is 0.0412. The molecule has 226 valence electrons. The number of fused-ring (bicyclic) bond motifs is 1. The molecule has 5 rings (SSSR count). The fourth-order valence-corrected chi connectivity index (χ4v) is 6.33. The summed E-state index contributed by atoms with van der Waals surface area (Å²) < 4.78 is 5.83. The molecule has 0 spiro atoms. The zero-order valence-corrected chi connectivity index (χ0v) is 26.9. The molecular weight excluding hydrogens is 548 g/mol. The van der Waals surface area contributed by atoms with Crippen LogP contribution in [0.25, 0.3) is 33.0 Å². The molecule has 0 radical (unpaired) electrons. The van der Waals surface area contributed by atoms with Crippen LogP contribution < -0.4 is 4.74 Å². The summed E-state index contributed by atoms with van der Waals surface area (Å²) in [6.07, 6.45) is 3.97. The molecule has 0 aliphatic carbocycles. The van der Waals surface area contributed by atoms with E-state index in [1.807, 2.05) is 6.07 Å². The molecule has 5 aromatic rings. The van der Waals surface area contributed by atoms with Crippen molar-refractivity contribution in [3.63, 3.8) is 0 Å². The minimum absolute atomic E-state index is 0.0412. The van der Waals surface area contributed by atoms with E-state index >= 15 is 0 Å². The van der Waals surface area contributed by atoms with Gasteiger partial charge in [0.1, 0.15) is 11.8 Å². The second-order valence-electron chi connectivity index (χ2n) is 12.8. The van der Waals surface area contributed by atoms with Gasteiger partial charge >= 0.3 is 0 Å². The first-order valence-corrected chi connectivity index (χ1v) is 16.1. The molecule has 0 aliphatic heterocycles. The van der Waals surface area contributed by atoms with Crippen molar-refractivity contribution < 1.29 is 4.74 Å². The largest absolute Gasteiger partial charge is 0.478 e. The maximum absolute atomic E-state index is 9.16. The van der Waals surface area contributed by atoms with E-state index in [-0.39, 0.29) is 6.61 Å². The lowest BCUT2D eigenvalue weighted by molar-refractivity contribution is 0.362. The Bertz CT molecular complexity index is 1860. The number of ether oxygens (including phenoxy) is 1. The van der Waals surface area contributed by atoms with Gasteiger partial charge in [-0.2, -0.15) is 10.5 Å². The Morgan fingerprint density at radius 1 is 0.622 bits per heavy atom.